The van der Waals surface area contributed by atoms with E-state index in [-0.39, 0.29) is 5.41 Å². The van der Waals surface area contributed by atoms with Crippen molar-refractivity contribution in [1.29, 1.82) is 0 Å². The molecule has 1 aromatic heterocycles. The van der Waals surface area contributed by atoms with Gasteiger partial charge in [0.2, 0.25) is 0 Å². The Bertz CT molecular complexity index is 1080. The Morgan fingerprint density at radius 3 is 2.74 bits per heavy atom. The molecule has 0 bridgehead atoms. The molecule has 2 heterocycles. The molecule has 34 heavy (non-hydrogen) atoms. The highest BCUT2D eigenvalue weighted by Gasteiger charge is 2.30. The Labute approximate surface area is 209 Å². The summed E-state index contributed by atoms with van der Waals surface area (Å²) >= 11 is 1.54. The summed E-state index contributed by atoms with van der Waals surface area (Å²) in [6, 6.07) is 6.42. The average molecular weight is 481 g/mol. The van der Waals surface area contributed by atoms with Crippen molar-refractivity contribution in [3.05, 3.63) is 53.5 Å². The second kappa shape index (κ2) is 11.2. The van der Waals surface area contributed by atoms with Gasteiger partial charge in [-0.2, -0.15) is 0 Å². The molecule has 4 rings (SSSR count). The van der Waals surface area contributed by atoms with Crippen LogP contribution in [0.2, 0.25) is 0 Å². The topological polar surface area (TPSA) is 63.7 Å². The zero-order chi connectivity index (χ0) is 24.9. The predicted molar refractivity (Wildman–Crippen MR) is 147 cm³/mol. The fraction of sp³-hybridized carbons (Fsp3) is 0.500. The van der Waals surface area contributed by atoms with Gasteiger partial charge >= 0.3 is 0 Å². The van der Waals surface area contributed by atoms with E-state index in [2.05, 4.69) is 74.3 Å². The fourth-order valence-corrected chi connectivity index (χ4v) is 5.41. The number of nitrogens with zero attached hydrogens (tertiary/aromatic N) is 3. The van der Waals surface area contributed by atoms with Gasteiger partial charge in [-0.15, -0.1) is 0 Å². The molecule has 184 valence electrons. The highest BCUT2D eigenvalue weighted by atomic mass is 32.1. The molecule has 0 atom stereocenters. The van der Waals surface area contributed by atoms with Crippen LogP contribution in [-0.2, 0) is 6.54 Å². The Kier molecular flexibility index (Phi) is 8.58. The lowest BCUT2D eigenvalue weighted by atomic mass is 9.74. The van der Waals surface area contributed by atoms with Crippen LogP contribution in [0.5, 0.6) is 5.75 Å². The van der Waals surface area contributed by atoms with Gasteiger partial charge in [-0.1, -0.05) is 52.0 Å². The Morgan fingerprint density at radius 2 is 2.09 bits per heavy atom. The molecule has 1 fully saturated rings. The summed E-state index contributed by atoms with van der Waals surface area (Å²) in [6.45, 7) is 19.3. The smallest absolute Gasteiger partial charge is 0.180 e. The number of benzene rings is 1. The van der Waals surface area contributed by atoms with Gasteiger partial charge in [0.25, 0.3) is 0 Å². The lowest BCUT2D eigenvalue weighted by molar-refractivity contribution is 0.261. The molecular weight excluding hydrogens is 440 g/mol. The SMILES string of the molecule is C=CN=C1CC(C)(C)CC/C1=C(/C)N1CCOc2ccc(-c3sc(N)nc3C)cc2C1.CCC. The Morgan fingerprint density at radius 1 is 1.35 bits per heavy atom. The molecule has 5 nitrogen and oxygen atoms in total. The number of hydrogen-bond donors (Lipinski definition) is 1. The predicted octanol–water partition coefficient (Wildman–Crippen LogP) is 7.38. The van der Waals surface area contributed by atoms with E-state index in [1.165, 1.54) is 46.7 Å². The number of ether oxygens (including phenoxy) is 1. The second-order valence-electron chi connectivity index (χ2n) is 9.93. The van der Waals surface area contributed by atoms with Crippen LogP contribution in [0.1, 0.15) is 71.6 Å². The molecular formula is C28H40N4OS. The molecule has 6 heteroatoms. The first-order valence-electron chi connectivity index (χ1n) is 12.3. The normalized spacial score (nSPS) is 19.9. The molecule has 1 saturated carbocycles. The molecule has 2 aromatic rings. The van der Waals surface area contributed by atoms with Crippen LogP contribution in [0, 0.1) is 12.3 Å². The third kappa shape index (κ3) is 6.09. The largest absolute Gasteiger partial charge is 0.491 e. The first-order valence-corrected chi connectivity index (χ1v) is 13.1. The number of aryl methyl sites for hydroxylation is 1. The molecule has 2 N–H and O–H groups in total. The number of aromatic nitrogens is 1. The zero-order valence-corrected chi connectivity index (χ0v) is 22.5. The number of rotatable bonds is 3. The third-order valence-corrected chi connectivity index (χ3v) is 7.36. The minimum absolute atomic E-state index is 0.281. The van der Waals surface area contributed by atoms with Crippen LogP contribution in [-0.4, -0.2) is 28.7 Å². The van der Waals surface area contributed by atoms with Crippen molar-refractivity contribution in [3.63, 3.8) is 0 Å². The summed E-state index contributed by atoms with van der Waals surface area (Å²) in [5.74, 6) is 0.962. The molecule has 1 aromatic carbocycles. The van der Waals surface area contributed by atoms with Gasteiger partial charge in [0.15, 0.2) is 5.13 Å². The Hall–Kier alpha value is -2.60. The van der Waals surface area contributed by atoms with Gasteiger partial charge in [-0.05, 0) is 67.9 Å². The summed E-state index contributed by atoms with van der Waals surface area (Å²) in [5, 5.41) is 0.607. The van der Waals surface area contributed by atoms with Gasteiger partial charge in [0, 0.05) is 29.7 Å². The van der Waals surface area contributed by atoms with Crippen molar-refractivity contribution in [2.45, 2.75) is 73.8 Å². The van der Waals surface area contributed by atoms with Crippen molar-refractivity contribution in [1.82, 2.24) is 9.88 Å². The van der Waals surface area contributed by atoms with Crippen molar-refractivity contribution in [3.8, 4) is 16.2 Å². The third-order valence-electron chi connectivity index (χ3n) is 6.32. The van der Waals surface area contributed by atoms with Gasteiger partial charge in [-0.3, -0.25) is 4.99 Å². The zero-order valence-electron chi connectivity index (χ0n) is 21.7. The van der Waals surface area contributed by atoms with Crippen LogP contribution in [0.4, 0.5) is 5.13 Å². The lowest BCUT2D eigenvalue weighted by Gasteiger charge is -2.35. The number of nitrogens with two attached hydrogens (primary N) is 1. The minimum atomic E-state index is 0.281. The van der Waals surface area contributed by atoms with E-state index in [0.29, 0.717) is 11.7 Å². The van der Waals surface area contributed by atoms with E-state index in [1.54, 1.807) is 6.20 Å². The molecule has 1 aliphatic heterocycles. The van der Waals surface area contributed by atoms with Gasteiger partial charge in [0.1, 0.15) is 12.4 Å². The van der Waals surface area contributed by atoms with E-state index in [1.807, 2.05) is 6.92 Å². The highest BCUT2D eigenvalue weighted by molar-refractivity contribution is 7.18. The summed E-state index contributed by atoms with van der Waals surface area (Å²) in [5.41, 5.74) is 13.4. The first-order chi connectivity index (χ1) is 16.2. The Balaban J connectivity index is 0.00000103. The lowest BCUT2D eigenvalue weighted by Crippen LogP contribution is -2.30. The molecule has 1 aliphatic carbocycles. The summed E-state index contributed by atoms with van der Waals surface area (Å²) in [7, 11) is 0. The molecule has 0 saturated heterocycles. The summed E-state index contributed by atoms with van der Waals surface area (Å²) < 4.78 is 6.10. The maximum atomic E-state index is 6.10. The fourth-order valence-electron chi connectivity index (χ4n) is 4.58. The number of anilines is 1. The number of aliphatic imine (C=N–C) groups is 1. The van der Waals surface area contributed by atoms with E-state index in [0.717, 1.165) is 47.8 Å². The number of fused-ring (bicyclic) bond motifs is 1. The van der Waals surface area contributed by atoms with Crippen LogP contribution in [0.25, 0.3) is 10.4 Å². The number of allylic oxidation sites excluding steroid dienone is 2. The van der Waals surface area contributed by atoms with Crippen molar-refractivity contribution in [2.75, 3.05) is 18.9 Å². The number of thiazole rings is 1. The van der Waals surface area contributed by atoms with Crippen molar-refractivity contribution in [2.24, 2.45) is 10.4 Å². The molecule has 2 aliphatic rings. The maximum absolute atomic E-state index is 6.10. The number of hydrogen-bond acceptors (Lipinski definition) is 6. The van der Waals surface area contributed by atoms with E-state index < -0.39 is 0 Å². The minimum Gasteiger partial charge on any atom is -0.491 e. The summed E-state index contributed by atoms with van der Waals surface area (Å²) in [6.07, 6.45) is 6.14. The maximum Gasteiger partial charge on any atom is 0.180 e. The van der Waals surface area contributed by atoms with E-state index in [9.17, 15) is 0 Å². The van der Waals surface area contributed by atoms with Crippen molar-refractivity contribution < 1.29 is 4.74 Å². The summed E-state index contributed by atoms with van der Waals surface area (Å²) in [4.78, 5) is 12.6. The average Bonchev–Trinajstić information content (AvgIpc) is 2.98. The highest BCUT2D eigenvalue weighted by Crippen LogP contribution is 2.39. The first kappa shape index (κ1) is 26.0. The monoisotopic (exact) mass is 480 g/mol. The molecule has 0 unspecified atom stereocenters. The van der Waals surface area contributed by atoms with Gasteiger partial charge < -0.3 is 15.4 Å². The van der Waals surface area contributed by atoms with E-state index in [4.69, 9.17) is 10.5 Å². The molecule has 0 amide bonds. The molecule has 0 radical (unpaired) electrons. The quantitative estimate of drug-likeness (QED) is 0.498. The molecule has 0 spiro atoms. The van der Waals surface area contributed by atoms with E-state index >= 15 is 0 Å². The van der Waals surface area contributed by atoms with Crippen LogP contribution in [0.15, 0.2) is 47.2 Å². The van der Waals surface area contributed by atoms with Crippen molar-refractivity contribution >= 4 is 22.2 Å². The standard InChI is InChI=1S/C25H32N4OS.C3H8/c1-6-27-21-14-25(4,5)10-9-20(21)17(3)29-11-12-30-22-8-7-18(13-19(22)15-29)23-16(2)28-24(26)31-23;1-3-2/h6-8,13H,1,9-12,14-15H2,2-5H3,(H2,26,28);3H2,1-2H3/b20-17+,27-21?;. The van der Waals surface area contributed by atoms with Gasteiger partial charge in [0.05, 0.1) is 17.1 Å². The van der Waals surface area contributed by atoms with Crippen LogP contribution in [0.3, 0.4) is 0 Å². The number of nitrogen functional groups attached to an aromatic ring is 1. The van der Waals surface area contributed by atoms with Crippen LogP contribution >= 0.6 is 11.3 Å². The van der Waals surface area contributed by atoms with Gasteiger partial charge in [-0.25, -0.2) is 4.98 Å². The van der Waals surface area contributed by atoms with Crippen LogP contribution < -0.4 is 10.5 Å². The second-order valence-corrected chi connectivity index (χ2v) is 11.0.